The lowest BCUT2D eigenvalue weighted by Crippen LogP contribution is -2.20. The van der Waals surface area contributed by atoms with Gasteiger partial charge in [0.25, 0.3) is 0 Å². The van der Waals surface area contributed by atoms with Crippen LogP contribution in [-0.2, 0) is 12.7 Å². The Morgan fingerprint density at radius 1 is 0.963 bits per heavy atom. The molecular formula is C17H9F6N3O. The monoisotopic (exact) mass is 385 g/mol. The Morgan fingerprint density at radius 2 is 1.56 bits per heavy atom. The van der Waals surface area contributed by atoms with E-state index in [4.69, 9.17) is 0 Å². The molecule has 10 heteroatoms. The fraction of sp³-hybridized carbons (Fsp3) is 0.118. The highest BCUT2D eigenvalue weighted by Gasteiger charge is 2.41. The zero-order valence-corrected chi connectivity index (χ0v) is 13.3. The molecule has 0 atom stereocenters. The van der Waals surface area contributed by atoms with Gasteiger partial charge in [-0.2, -0.15) is 13.2 Å². The molecule has 0 fully saturated rings. The van der Waals surface area contributed by atoms with Crippen molar-refractivity contribution in [3.05, 3.63) is 82.4 Å². The third-order valence-corrected chi connectivity index (χ3v) is 3.69. The second-order valence-electron chi connectivity index (χ2n) is 5.48. The summed E-state index contributed by atoms with van der Waals surface area (Å²) in [7, 11) is 0. The summed E-state index contributed by atoms with van der Waals surface area (Å²) in [6.07, 6.45) is -5.07. The minimum atomic E-state index is -5.07. The van der Waals surface area contributed by atoms with E-state index < -0.39 is 52.9 Å². The zero-order chi connectivity index (χ0) is 19.8. The predicted octanol–water partition coefficient (Wildman–Crippen LogP) is 3.99. The lowest BCUT2D eigenvalue weighted by Gasteiger charge is -2.12. The number of carbonyl (C=O) groups excluding carboxylic acids is 1. The van der Waals surface area contributed by atoms with Gasteiger partial charge in [-0.1, -0.05) is 11.3 Å². The molecule has 0 saturated carbocycles. The van der Waals surface area contributed by atoms with Crippen LogP contribution in [0.1, 0.15) is 27.3 Å². The van der Waals surface area contributed by atoms with Crippen molar-refractivity contribution in [3.8, 4) is 0 Å². The van der Waals surface area contributed by atoms with Crippen molar-refractivity contribution >= 4 is 5.78 Å². The van der Waals surface area contributed by atoms with Crippen molar-refractivity contribution in [2.45, 2.75) is 12.7 Å². The second-order valence-corrected chi connectivity index (χ2v) is 5.48. The molecule has 140 valence electrons. The lowest BCUT2D eigenvalue weighted by molar-refractivity contribution is -0.144. The molecule has 0 N–H and O–H groups in total. The van der Waals surface area contributed by atoms with Crippen LogP contribution >= 0.6 is 0 Å². The van der Waals surface area contributed by atoms with Gasteiger partial charge in [0.05, 0.1) is 6.54 Å². The number of nitrogens with zero attached hydrogens (tertiary/aromatic N) is 3. The first-order valence-corrected chi connectivity index (χ1v) is 7.42. The van der Waals surface area contributed by atoms with Gasteiger partial charge < -0.3 is 0 Å². The molecule has 0 bridgehead atoms. The van der Waals surface area contributed by atoms with Crippen molar-refractivity contribution in [2.75, 3.05) is 0 Å². The molecule has 0 radical (unpaired) electrons. The third kappa shape index (κ3) is 3.69. The number of aromatic nitrogens is 3. The highest BCUT2D eigenvalue weighted by Crippen LogP contribution is 2.32. The van der Waals surface area contributed by atoms with Gasteiger partial charge in [0.1, 0.15) is 17.5 Å². The van der Waals surface area contributed by atoms with E-state index in [9.17, 15) is 31.1 Å². The normalized spacial score (nSPS) is 11.6. The molecule has 3 aromatic rings. The number of halogens is 6. The molecule has 0 spiro atoms. The summed E-state index contributed by atoms with van der Waals surface area (Å²) in [5, 5.41) is 6.48. The topological polar surface area (TPSA) is 47.8 Å². The summed E-state index contributed by atoms with van der Waals surface area (Å²) in [6.45, 7) is -0.920. The number of hydrogen-bond acceptors (Lipinski definition) is 3. The van der Waals surface area contributed by atoms with E-state index in [0.29, 0.717) is 0 Å². The first kappa shape index (κ1) is 18.6. The maximum Gasteiger partial charge on any atom is 0.435 e. The van der Waals surface area contributed by atoms with Crippen LogP contribution in [0, 0.1) is 17.5 Å². The minimum Gasteiger partial charge on any atom is -0.287 e. The summed E-state index contributed by atoms with van der Waals surface area (Å²) in [6, 6.07) is 6.62. The van der Waals surface area contributed by atoms with Crippen LogP contribution in [0.2, 0.25) is 0 Å². The Bertz CT molecular complexity index is 975. The maximum atomic E-state index is 13.7. The standard InChI is InChI=1S/C17H9F6N3O/c18-10-6-4-9(5-7-10)15(27)14-16(17(21,22)23)26(25-24-14)8-11-12(19)2-1-3-13(11)20/h1-7H,8H2. The summed E-state index contributed by atoms with van der Waals surface area (Å²) in [5.41, 5.74) is -3.51. The average molecular weight is 385 g/mol. The molecule has 4 nitrogen and oxygen atoms in total. The molecule has 0 amide bonds. The van der Waals surface area contributed by atoms with Gasteiger partial charge in [0.15, 0.2) is 11.4 Å². The Morgan fingerprint density at radius 3 is 2.11 bits per heavy atom. The predicted molar refractivity (Wildman–Crippen MR) is 80.3 cm³/mol. The summed E-state index contributed by atoms with van der Waals surface area (Å²) in [5.74, 6) is -3.96. The lowest BCUT2D eigenvalue weighted by atomic mass is 10.1. The fourth-order valence-electron chi connectivity index (χ4n) is 2.43. The van der Waals surface area contributed by atoms with Crippen LogP contribution in [0.15, 0.2) is 42.5 Å². The number of ketones is 1. The maximum absolute atomic E-state index is 13.7. The molecule has 0 saturated heterocycles. The Hall–Kier alpha value is -3.17. The van der Waals surface area contributed by atoms with Gasteiger partial charge in [-0.3, -0.25) is 4.79 Å². The SMILES string of the molecule is O=C(c1ccc(F)cc1)c1nnn(Cc2c(F)cccc2F)c1C(F)(F)F. The summed E-state index contributed by atoms with van der Waals surface area (Å²) < 4.78 is 81.1. The van der Waals surface area contributed by atoms with E-state index in [2.05, 4.69) is 10.3 Å². The molecule has 3 rings (SSSR count). The van der Waals surface area contributed by atoms with Gasteiger partial charge in [0.2, 0.25) is 5.78 Å². The van der Waals surface area contributed by atoms with Gasteiger partial charge in [0, 0.05) is 11.1 Å². The molecule has 0 aliphatic heterocycles. The van der Waals surface area contributed by atoms with E-state index in [0.717, 1.165) is 42.5 Å². The van der Waals surface area contributed by atoms with Crippen molar-refractivity contribution in [3.63, 3.8) is 0 Å². The van der Waals surface area contributed by atoms with E-state index in [1.54, 1.807) is 0 Å². The molecule has 2 aromatic carbocycles. The molecule has 0 aliphatic rings. The highest BCUT2D eigenvalue weighted by molar-refractivity contribution is 6.08. The van der Waals surface area contributed by atoms with E-state index in [1.807, 2.05) is 0 Å². The molecule has 0 aliphatic carbocycles. The quantitative estimate of drug-likeness (QED) is 0.504. The zero-order valence-electron chi connectivity index (χ0n) is 13.3. The molecule has 1 aromatic heterocycles. The Balaban J connectivity index is 2.07. The van der Waals surface area contributed by atoms with Crippen LogP contribution in [-0.4, -0.2) is 20.8 Å². The van der Waals surface area contributed by atoms with E-state index >= 15 is 0 Å². The van der Waals surface area contributed by atoms with Crippen LogP contribution in [0.25, 0.3) is 0 Å². The first-order valence-electron chi connectivity index (χ1n) is 7.42. The van der Waals surface area contributed by atoms with Crippen molar-refractivity contribution < 1.29 is 31.1 Å². The Kier molecular flexibility index (Phi) is 4.73. The van der Waals surface area contributed by atoms with Crippen molar-refractivity contribution in [2.24, 2.45) is 0 Å². The molecular weight excluding hydrogens is 376 g/mol. The van der Waals surface area contributed by atoms with E-state index in [-0.39, 0.29) is 10.2 Å². The van der Waals surface area contributed by atoms with Crippen LogP contribution in [0.3, 0.4) is 0 Å². The van der Waals surface area contributed by atoms with Crippen LogP contribution < -0.4 is 0 Å². The molecule has 0 unspecified atom stereocenters. The highest BCUT2D eigenvalue weighted by atomic mass is 19.4. The number of alkyl halides is 3. The smallest absolute Gasteiger partial charge is 0.287 e. The van der Waals surface area contributed by atoms with Crippen molar-refractivity contribution in [1.82, 2.24) is 15.0 Å². The number of rotatable bonds is 4. The van der Waals surface area contributed by atoms with E-state index in [1.165, 1.54) is 0 Å². The third-order valence-electron chi connectivity index (χ3n) is 3.69. The second kappa shape index (κ2) is 6.86. The minimum absolute atomic E-state index is 0.207. The first-order chi connectivity index (χ1) is 12.7. The summed E-state index contributed by atoms with van der Waals surface area (Å²) in [4.78, 5) is 12.3. The number of carbonyl (C=O) groups is 1. The Labute approximate surface area is 148 Å². The fourth-order valence-corrected chi connectivity index (χ4v) is 2.43. The van der Waals surface area contributed by atoms with Crippen LogP contribution in [0.4, 0.5) is 26.3 Å². The average Bonchev–Trinajstić information content (AvgIpc) is 3.02. The largest absolute Gasteiger partial charge is 0.435 e. The number of hydrogen-bond donors (Lipinski definition) is 0. The summed E-state index contributed by atoms with van der Waals surface area (Å²) >= 11 is 0. The molecule has 1 heterocycles. The van der Waals surface area contributed by atoms with Crippen molar-refractivity contribution in [1.29, 1.82) is 0 Å². The van der Waals surface area contributed by atoms with Gasteiger partial charge >= 0.3 is 6.18 Å². The number of benzene rings is 2. The van der Waals surface area contributed by atoms with Gasteiger partial charge in [-0.25, -0.2) is 17.9 Å². The molecule has 27 heavy (non-hydrogen) atoms. The van der Waals surface area contributed by atoms with Gasteiger partial charge in [-0.15, -0.1) is 5.10 Å². The van der Waals surface area contributed by atoms with Gasteiger partial charge in [-0.05, 0) is 36.4 Å². The van der Waals surface area contributed by atoms with Crippen LogP contribution in [0.5, 0.6) is 0 Å².